The van der Waals surface area contributed by atoms with Gasteiger partial charge in [-0.05, 0) is 13.8 Å². The fourth-order valence-corrected chi connectivity index (χ4v) is 0.913. The SMILES string of the molecule is Cc1nc(C)n(C)c1Cl. The van der Waals surface area contributed by atoms with Crippen molar-refractivity contribution in [2.45, 2.75) is 13.8 Å². The molecular weight excluding hydrogens is 136 g/mol. The van der Waals surface area contributed by atoms with Crippen molar-refractivity contribution in [2.24, 2.45) is 7.05 Å². The van der Waals surface area contributed by atoms with Gasteiger partial charge in [0.1, 0.15) is 11.0 Å². The van der Waals surface area contributed by atoms with E-state index in [4.69, 9.17) is 11.6 Å². The predicted octanol–water partition coefficient (Wildman–Crippen LogP) is 1.69. The van der Waals surface area contributed by atoms with Gasteiger partial charge >= 0.3 is 0 Å². The maximum atomic E-state index is 5.80. The molecule has 1 aromatic rings. The summed E-state index contributed by atoms with van der Waals surface area (Å²) in [6, 6.07) is 0. The second kappa shape index (κ2) is 2.03. The van der Waals surface area contributed by atoms with Crippen molar-refractivity contribution >= 4 is 11.6 Å². The molecule has 0 aliphatic rings. The Balaban J connectivity index is 3.29. The number of nitrogens with zero attached hydrogens (tertiary/aromatic N) is 2. The summed E-state index contributed by atoms with van der Waals surface area (Å²) in [7, 11) is 1.90. The topological polar surface area (TPSA) is 17.8 Å². The van der Waals surface area contributed by atoms with E-state index in [1.54, 1.807) is 0 Å². The molecule has 0 aliphatic heterocycles. The van der Waals surface area contributed by atoms with Crippen LogP contribution in [0.15, 0.2) is 0 Å². The van der Waals surface area contributed by atoms with Crippen molar-refractivity contribution in [3.8, 4) is 0 Å². The largest absolute Gasteiger partial charge is 0.322 e. The summed E-state index contributed by atoms with van der Waals surface area (Å²) in [4.78, 5) is 4.14. The number of rotatable bonds is 0. The van der Waals surface area contributed by atoms with Gasteiger partial charge < -0.3 is 4.57 Å². The van der Waals surface area contributed by atoms with E-state index in [1.807, 2.05) is 25.5 Å². The van der Waals surface area contributed by atoms with Gasteiger partial charge in [0.2, 0.25) is 0 Å². The quantitative estimate of drug-likeness (QED) is 0.542. The molecule has 1 rings (SSSR count). The lowest BCUT2D eigenvalue weighted by Gasteiger charge is -1.92. The first kappa shape index (κ1) is 6.62. The molecule has 0 aliphatic carbocycles. The number of aromatic nitrogens is 2. The summed E-state index contributed by atoms with van der Waals surface area (Å²) >= 11 is 5.80. The minimum atomic E-state index is 0.729. The first-order chi connectivity index (χ1) is 4.13. The van der Waals surface area contributed by atoms with E-state index in [-0.39, 0.29) is 0 Å². The van der Waals surface area contributed by atoms with Gasteiger partial charge in [0.05, 0.1) is 5.69 Å². The first-order valence-corrected chi connectivity index (χ1v) is 3.16. The standard InChI is InChI=1S/C6H9ClN2/c1-4-6(7)9(3)5(2)8-4/h1-3H3. The fraction of sp³-hybridized carbons (Fsp3) is 0.500. The number of hydrogen-bond acceptors (Lipinski definition) is 1. The van der Waals surface area contributed by atoms with Gasteiger partial charge in [0.25, 0.3) is 0 Å². The highest BCUT2D eigenvalue weighted by Gasteiger charge is 2.02. The van der Waals surface area contributed by atoms with Crippen LogP contribution in [0.25, 0.3) is 0 Å². The Morgan fingerprint density at radius 2 is 2.00 bits per heavy atom. The van der Waals surface area contributed by atoms with Crippen LogP contribution in [0.4, 0.5) is 0 Å². The molecule has 0 amide bonds. The molecule has 0 atom stereocenters. The third-order valence-corrected chi connectivity index (χ3v) is 1.93. The molecule has 0 aromatic carbocycles. The van der Waals surface area contributed by atoms with Crippen LogP contribution < -0.4 is 0 Å². The predicted molar refractivity (Wildman–Crippen MR) is 37.7 cm³/mol. The molecule has 9 heavy (non-hydrogen) atoms. The molecule has 0 spiro atoms. The highest BCUT2D eigenvalue weighted by molar-refractivity contribution is 6.30. The fourth-order valence-electron chi connectivity index (χ4n) is 0.749. The van der Waals surface area contributed by atoms with E-state index in [0.29, 0.717) is 0 Å². The van der Waals surface area contributed by atoms with Gasteiger partial charge in [-0.15, -0.1) is 0 Å². The smallest absolute Gasteiger partial charge is 0.131 e. The van der Waals surface area contributed by atoms with Gasteiger partial charge in [-0.3, -0.25) is 0 Å². The van der Waals surface area contributed by atoms with E-state index >= 15 is 0 Å². The van der Waals surface area contributed by atoms with Gasteiger partial charge in [-0.1, -0.05) is 11.6 Å². The van der Waals surface area contributed by atoms with Crippen molar-refractivity contribution < 1.29 is 0 Å². The summed E-state index contributed by atoms with van der Waals surface area (Å²) in [5, 5.41) is 0.729. The molecule has 50 valence electrons. The number of halogens is 1. The summed E-state index contributed by atoms with van der Waals surface area (Å²) in [5.74, 6) is 0.956. The van der Waals surface area contributed by atoms with E-state index in [0.717, 1.165) is 16.7 Å². The van der Waals surface area contributed by atoms with Gasteiger partial charge in [-0.2, -0.15) is 0 Å². The van der Waals surface area contributed by atoms with E-state index in [9.17, 15) is 0 Å². The Morgan fingerprint density at radius 1 is 1.44 bits per heavy atom. The molecule has 0 unspecified atom stereocenters. The zero-order valence-electron chi connectivity index (χ0n) is 5.77. The molecule has 2 nitrogen and oxygen atoms in total. The Morgan fingerprint density at radius 3 is 2.11 bits per heavy atom. The van der Waals surface area contributed by atoms with E-state index in [2.05, 4.69) is 4.98 Å². The molecule has 0 saturated heterocycles. The third kappa shape index (κ3) is 0.944. The van der Waals surface area contributed by atoms with E-state index < -0.39 is 0 Å². The minimum absolute atomic E-state index is 0.729. The summed E-state index contributed by atoms with van der Waals surface area (Å²) < 4.78 is 1.86. The molecule has 0 bridgehead atoms. The van der Waals surface area contributed by atoms with Gasteiger partial charge in [-0.25, -0.2) is 4.98 Å². The van der Waals surface area contributed by atoms with Crippen LogP contribution in [0.3, 0.4) is 0 Å². The molecule has 1 heterocycles. The van der Waals surface area contributed by atoms with Crippen LogP contribution in [-0.4, -0.2) is 9.55 Å². The van der Waals surface area contributed by atoms with Crippen LogP contribution in [0.1, 0.15) is 11.5 Å². The van der Waals surface area contributed by atoms with Crippen molar-refractivity contribution in [3.05, 3.63) is 16.7 Å². The van der Waals surface area contributed by atoms with Crippen molar-refractivity contribution in [1.82, 2.24) is 9.55 Å². The molecule has 1 aromatic heterocycles. The minimum Gasteiger partial charge on any atom is -0.322 e. The highest BCUT2D eigenvalue weighted by atomic mass is 35.5. The number of imidazole rings is 1. The number of aryl methyl sites for hydroxylation is 2. The number of hydrogen-bond donors (Lipinski definition) is 0. The maximum Gasteiger partial charge on any atom is 0.131 e. The molecular formula is C6H9ClN2. The van der Waals surface area contributed by atoms with Gasteiger partial charge in [0, 0.05) is 7.05 Å². The van der Waals surface area contributed by atoms with Crippen molar-refractivity contribution in [2.75, 3.05) is 0 Å². The van der Waals surface area contributed by atoms with Crippen LogP contribution in [0.2, 0.25) is 5.15 Å². The summed E-state index contributed by atoms with van der Waals surface area (Å²) in [6.07, 6.45) is 0. The summed E-state index contributed by atoms with van der Waals surface area (Å²) in [5.41, 5.74) is 0.900. The third-order valence-electron chi connectivity index (χ3n) is 1.41. The lowest BCUT2D eigenvalue weighted by atomic mass is 10.6. The van der Waals surface area contributed by atoms with Gasteiger partial charge in [0.15, 0.2) is 0 Å². The Bertz CT molecular complexity index is 205. The molecule has 0 N–H and O–H groups in total. The molecule has 3 heteroatoms. The van der Waals surface area contributed by atoms with Crippen LogP contribution in [0.5, 0.6) is 0 Å². The second-order valence-electron chi connectivity index (χ2n) is 2.09. The zero-order valence-corrected chi connectivity index (χ0v) is 6.53. The van der Waals surface area contributed by atoms with Crippen molar-refractivity contribution in [3.63, 3.8) is 0 Å². The Kier molecular flexibility index (Phi) is 1.49. The lowest BCUT2D eigenvalue weighted by Crippen LogP contribution is -1.89. The average molecular weight is 145 g/mol. The molecule has 0 radical (unpaired) electrons. The summed E-state index contributed by atoms with van der Waals surface area (Å²) in [6.45, 7) is 3.83. The van der Waals surface area contributed by atoms with Crippen LogP contribution >= 0.6 is 11.6 Å². The average Bonchev–Trinajstić information content (AvgIpc) is 1.98. The normalized spacial score (nSPS) is 10.2. The van der Waals surface area contributed by atoms with Crippen LogP contribution in [-0.2, 0) is 7.05 Å². The Labute approximate surface area is 59.5 Å². The Hall–Kier alpha value is -0.500. The van der Waals surface area contributed by atoms with Crippen molar-refractivity contribution in [1.29, 1.82) is 0 Å². The zero-order chi connectivity index (χ0) is 7.02. The van der Waals surface area contributed by atoms with E-state index in [1.165, 1.54) is 0 Å². The maximum absolute atomic E-state index is 5.80. The first-order valence-electron chi connectivity index (χ1n) is 2.78. The second-order valence-corrected chi connectivity index (χ2v) is 2.45. The monoisotopic (exact) mass is 144 g/mol. The van der Waals surface area contributed by atoms with Crippen LogP contribution in [0, 0.1) is 13.8 Å². The molecule has 0 saturated carbocycles. The lowest BCUT2D eigenvalue weighted by molar-refractivity contribution is 0.859. The molecule has 0 fully saturated rings. The highest BCUT2D eigenvalue weighted by Crippen LogP contribution is 2.13.